The molecule has 0 aromatic carbocycles. The van der Waals surface area contributed by atoms with Crippen LogP contribution in [0.25, 0.3) is 0 Å². The van der Waals surface area contributed by atoms with Gasteiger partial charge in [-0.1, -0.05) is 20.8 Å². The minimum Gasteiger partial charge on any atom is -0.317 e. The van der Waals surface area contributed by atoms with Gasteiger partial charge in [0.05, 0.1) is 0 Å². The third-order valence-corrected chi connectivity index (χ3v) is 5.23. The monoisotopic (exact) mass is 236 g/mol. The van der Waals surface area contributed by atoms with Gasteiger partial charge in [0.15, 0.2) is 0 Å². The number of nitrogens with one attached hydrogen (secondary N) is 1. The van der Waals surface area contributed by atoms with Crippen molar-refractivity contribution in [1.29, 1.82) is 0 Å². The van der Waals surface area contributed by atoms with Gasteiger partial charge in [0.25, 0.3) is 0 Å². The topological polar surface area (TPSA) is 15.3 Å². The van der Waals surface area contributed by atoms with Crippen molar-refractivity contribution < 1.29 is 0 Å². The Morgan fingerprint density at radius 2 is 1.71 bits per heavy atom. The molecule has 98 valence electrons. The van der Waals surface area contributed by atoms with Gasteiger partial charge in [-0.15, -0.1) is 0 Å². The second-order valence-electron chi connectivity index (χ2n) is 7.87. The van der Waals surface area contributed by atoms with Crippen LogP contribution in [-0.4, -0.2) is 36.6 Å². The summed E-state index contributed by atoms with van der Waals surface area (Å²) in [6, 6.07) is 1.75. The Hall–Kier alpha value is -0.0800. The molecular formula is C15H28N2. The molecule has 2 atom stereocenters. The first kappa shape index (κ1) is 12.0. The van der Waals surface area contributed by atoms with Crippen molar-refractivity contribution in [3.8, 4) is 0 Å². The van der Waals surface area contributed by atoms with Gasteiger partial charge >= 0.3 is 0 Å². The highest BCUT2D eigenvalue weighted by atomic mass is 15.2. The van der Waals surface area contributed by atoms with Crippen LogP contribution < -0.4 is 5.32 Å². The first-order valence-corrected chi connectivity index (χ1v) is 7.44. The maximum Gasteiger partial charge on any atom is 0.0123 e. The third-order valence-electron chi connectivity index (χ3n) is 5.23. The molecule has 2 unspecified atom stereocenters. The van der Waals surface area contributed by atoms with Crippen molar-refractivity contribution in [3.05, 3.63) is 0 Å². The minimum atomic E-state index is 0.569. The summed E-state index contributed by atoms with van der Waals surface area (Å²) in [5.41, 5.74) is 1.18. The highest BCUT2D eigenvalue weighted by Gasteiger charge is 2.50. The van der Waals surface area contributed by atoms with E-state index >= 15 is 0 Å². The summed E-state index contributed by atoms with van der Waals surface area (Å²) in [5.74, 6) is 0. The first-order chi connectivity index (χ1) is 7.98. The van der Waals surface area contributed by atoms with Crippen LogP contribution in [0.3, 0.4) is 0 Å². The molecule has 0 amide bonds. The molecule has 2 heteroatoms. The van der Waals surface area contributed by atoms with Crippen LogP contribution in [0.2, 0.25) is 0 Å². The predicted octanol–water partition coefficient (Wildman–Crippen LogP) is 2.64. The normalized spacial score (nSPS) is 42.9. The molecule has 2 bridgehead atoms. The van der Waals surface area contributed by atoms with E-state index in [0.29, 0.717) is 10.8 Å². The molecule has 3 rings (SSSR count). The number of rotatable bonds is 1. The fraction of sp³-hybridized carbons (Fsp3) is 1.00. The van der Waals surface area contributed by atoms with Gasteiger partial charge in [0.1, 0.15) is 0 Å². The van der Waals surface area contributed by atoms with Gasteiger partial charge < -0.3 is 5.32 Å². The van der Waals surface area contributed by atoms with Crippen molar-refractivity contribution in [2.24, 2.45) is 10.8 Å². The quantitative estimate of drug-likeness (QED) is 0.753. The lowest BCUT2D eigenvalue weighted by molar-refractivity contribution is 0.108. The van der Waals surface area contributed by atoms with Gasteiger partial charge in [-0.2, -0.15) is 0 Å². The van der Waals surface area contributed by atoms with Crippen LogP contribution in [0.5, 0.6) is 0 Å². The van der Waals surface area contributed by atoms with E-state index in [2.05, 4.69) is 31.0 Å². The molecule has 0 aromatic rings. The van der Waals surface area contributed by atoms with Gasteiger partial charge in [0, 0.05) is 18.6 Å². The van der Waals surface area contributed by atoms with E-state index in [-0.39, 0.29) is 0 Å². The molecule has 2 aliphatic heterocycles. The van der Waals surface area contributed by atoms with Crippen molar-refractivity contribution in [2.45, 2.75) is 65.0 Å². The lowest BCUT2D eigenvalue weighted by Crippen LogP contribution is -2.45. The van der Waals surface area contributed by atoms with E-state index in [1.165, 1.54) is 51.7 Å². The Bertz CT molecular complexity index is 293. The van der Waals surface area contributed by atoms with Gasteiger partial charge in [0.2, 0.25) is 0 Å². The number of fused-ring (bicyclic) bond motifs is 2. The van der Waals surface area contributed by atoms with E-state index in [9.17, 15) is 0 Å². The summed E-state index contributed by atoms with van der Waals surface area (Å²) in [5, 5.41) is 3.50. The molecule has 0 aromatic heterocycles. The van der Waals surface area contributed by atoms with Crippen LogP contribution in [-0.2, 0) is 0 Å². The SMILES string of the molecule is CC1(C)CC2CC(C)(CN2C2CCNCC2)C1. The molecule has 0 spiro atoms. The molecule has 3 aliphatic rings. The molecular weight excluding hydrogens is 208 g/mol. The zero-order valence-electron chi connectivity index (χ0n) is 11.8. The summed E-state index contributed by atoms with van der Waals surface area (Å²) >= 11 is 0. The number of likely N-dealkylation sites (tertiary alicyclic amines) is 1. The zero-order valence-corrected chi connectivity index (χ0v) is 11.8. The van der Waals surface area contributed by atoms with Crippen molar-refractivity contribution in [2.75, 3.05) is 19.6 Å². The molecule has 2 saturated heterocycles. The maximum atomic E-state index is 3.50. The molecule has 1 aliphatic carbocycles. The molecule has 2 heterocycles. The fourth-order valence-corrected chi connectivity index (χ4v) is 5.07. The predicted molar refractivity (Wildman–Crippen MR) is 72.1 cm³/mol. The Balaban J connectivity index is 1.75. The number of piperidine rings is 1. The zero-order chi connectivity index (χ0) is 12.1. The van der Waals surface area contributed by atoms with Crippen LogP contribution in [0.4, 0.5) is 0 Å². The summed E-state index contributed by atoms with van der Waals surface area (Å²) in [6.07, 6.45) is 7.05. The Morgan fingerprint density at radius 3 is 2.41 bits per heavy atom. The van der Waals surface area contributed by atoms with Gasteiger partial charge in [-0.05, 0) is 56.0 Å². The third kappa shape index (κ3) is 2.26. The smallest absolute Gasteiger partial charge is 0.0123 e. The van der Waals surface area contributed by atoms with E-state index in [1.807, 2.05) is 0 Å². The Morgan fingerprint density at radius 1 is 1.00 bits per heavy atom. The van der Waals surface area contributed by atoms with Gasteiger partial charge in [-0.3, -0.25) is 4.90 Å². The standard InChI is InChI=1S/C15H28N2/c1-14(2)8-13-9-15(3,10-14)11-17(13)12-4-6-16-7-5-12/h12-13,16H,4-11H2,1-3H3. The average molecular weight is 236 g/mol. The summed E-state index contributed by atoms with van der Waals surface area (Å²) in [6.45, 7) is 11.3. The molecule has 1 saturated carbocycles. The van der Waals surface area contributed by atoms with Crippen molar-refractivity contribution >= 4 is 0 Å². The highest BCUT2D eigenvalue weighted by Crippen LogP contribution is 2.53. The molecule has 3 fully saturated rings. The molecule has 0 radical (unpaired) electrons. The summed E-state index contributed by atoms with van der Waals surface area (Å²) in [4.78, 5) is 2.88. The molecule has 1 N–H and O–H groups in total. The van der Waals surface area contributed by atoms with E-state index in [0.717, 1.165) is 12.1 Å². The first-order valence-electron chi connectivity index (χ1n) is 7.44. The largest absolute Gasteiger partial charge is 0.317 e. The van der Waals surface area contributed by atoms with Crippen LogP contribution in [0.15, 0.2) is 0 Å². The number of hydrogen-bond acceptors (Lipinski definition) is 2. The van der Waals surface area contributed by atoms with Crippen molar-refractivity contribution in [3.63, 3.8) is 0 Å². The fourth-order valence-electron chi connectivity index (χ4n) is 5.07. The van der Waals surface area contributed by atoms with Crippen molar-refractivity contribution in [1.82, 2.24) is 10.2 Å². The second-order valence-corrected chi connectivity index (χ2v) is 7.87. The minimum absolute atomic E-state index is 0.569. The molecule has 2 nitrogen and oxygen atoms in total. The molecule has 17 heavy (non-hydrogen) atoms. The van der Waals surface area contributed by atoms with E-state index < -0.39 is 0 Å². The maximum absolute atomic E-state index is 3.50. The van der Waals surface area contributed by atoms with Crippen LogP contribution >= 0.6 is 0 Å². The number of nitrogens with zero attached hydrogens (tertiary/aromatic N) is 1. The van der Waals surface area contributed by atoms with Gasteiger partial charge in [-0.25, -0.2) is 0 Å². The van der Waals surface area contributed by atoms with E-state index in [1.54, 1.807) is 0 Å². The second kappa shape index (κ2) is 3.96. The lowest BCUT2D eigenvalue weighted by atomic mass is 9.65. The van der Waals surface area contributed by atoms with Crippen LogP contribution in [0, 0.1) is 10.8 Å². The highest BCUT2D eigenvalue weighted by molar-refractivity contribution is 5.04. The summed E-state index contributed by atoms with van der Waals surface area (Å²) in [7, 11) is 0. The average Bonchev–Trinajstić information content (AvgIpc) is 2.49. The lowest BCUT2D eigenvalue weighted by Gasteiger charge is -2.41. The summed E-state index contributed by atoms with van der Waals surface area (Å²) < 4.78 is 0. The Labute approximate surface area is 106 Å². The van der Waals surface area contributed by atoms with E-state index in [4.69, 9.17) is 0 Å². The number of hydrogen-bond donors (Lipinski definition) is 1. The Kier molecular flexibility index (Phi) is 2.79. The van der Waals surface area contributed by atoms with Crippen LogP contribution in [0.1, 0.15) is 52.9 Å².